The monoisotopic (exact) mass is 484 g/mol. The van der Waals surface area contributed by atoms with Crippen LogP contribution in [0, 0.1) is 0 Å². The van der Waals surface area contributed by atoms with Crippen LogP contribution in [-0.2, 0) is 9.53 Å². The molecule has 0 radical (unpaired) electrons. The summed E-state index contributed by atoms with van der Waals surface area (Å²) in [5, 5.41) is 3.64. The molecule has 1 fully saturated rings. The number of hydrogen-bond donors (Lipinski definition) is 1. The average Bonchev–Trinajstić information content (AvgIpc) is 3.47. The first-order valence-corrected chi connectivity index (χ1v) is 12.1. The fourth-order valence-corrected chi connectivity index (χ4v) is 4.35. The summed E-state index contributed by atoms with van der Waals surface area (Å²) in [5.41, 5.74) is 3.53. The Morgan fingerprint density at radius 1 is 1.03 bits per heavy atom. The molecule has 8 heteroatoms. The van der Waals surface area contributed by atoms with Crippen LogP contribution < -0.4 is 10.2 Å². The van der Waals surface area contributed by atoms with Gasteiger partial charge in [0.1, 0.15) is 12.2 Å². The highest BCUT2D eigenvalue weighted by Crippen LogP contribution is 2.26. The Kier molecular flexibility index (Phi) is 6.95. The summed E-state index contributed by atoms with van der Waals surface area (Å²) in [6, 6.07) is 20.5. The predicted molar refractivity (Wildman–Crippen MR) is 139 cm³/mol. The molecule has 1 aliphatic heterocycles. The van der Waals surface area contributed by atoms with Crippen LogP contribution in [0.25, 0.3) is 22.4 Å². The van der Waals surface area contributed by atoms with Gasteiger partial charge in [-0.1, -0.05) is 18.2 Å². The summed E-state index contributed by atoms with van der Waals surface area (Å²) in [6.07, 6.45) is 1.57. The van der Waals surface area contributed by atoms with E-state index in [1.54, 1.807) is 24.5 Å². The van der Waals surface area contributed by atoms with E-state index in [-0.39, 0.29) is 18.4 Å². The minimum Gasteiger partial charge on any atom is -0.463 e. The fourth-order valence-electron chi connectivity index (χ4n) is 4.35. The number of nitrogens with zero attached hydrogens (tertiary/aromatic N) is 3. The van der Waals surface area contributed by atoms with Crippen LogP contribution in [0.4, 0.5) is 11.4 Å². The van der Waals surface area contributed by atoms with Gasteiger partial charge in [0, 0.05) is 36.4 Å². The number of amides is 2. The van der Waals surface area contributed by atoms with Gasteiger partial charge in [0.15, 0.2) is 5.76 Å². The van der Waals surface area contributed by atoms with Crippen molar-refractivity contribution in [3.8, 4) is 11.5 Å². The van der Waals surface area contributed by atoms with Crippen molar-refractivity contribution in [2.75, 3.05) is 49.6 Å². The molecule has 0 spiro atoms. The number of carbonyl (C=O) groups is 2. The maximum atomic E-state index is 13.6. The second-order valence-electron chi connectivity index (χ2n) is 8.56. The van der Waals surface area contributed by atoms with E-state index >= 15 is 0 Å². The van der Waals surface area contributed by atoms with Crippen molar-refractivity contribution in [3.05, 3.63) is 78.6 Å². The topological polar surface area (TPSA) is 87.9 Å². The SMILES string of the molecule is CCN(CC(=O)Nc1ccc(N2CCOCC2)cc1)C(=O)c1cc(-c2ccco2)nc2ccccc12. The summed E-state index contributed by atoms with van der Waals surface area (Å²) < 4.78 is 10.9. The van der Waals surface area contributed by atoms with Gasteiger partial charge in [-0.15, -0.1) is 0 Å². The number of ether oxygens (including phenoxy) is 1. The number of hydrogen-bond acceptors (Lipinski definition) is 6. The van der Waals surface area contributed by atoms with Crippen molar-refractivity contribution >= 4 is 34.1 Å². The van der Waals surface area contributed by atoms with Gasteiger partial charge >= 0.3 is 0 Å². The van der Waals surface area contributed by atoms with Gasteiger partial charge in [-0.25, -0.2) is 4.98 Å². The molecular formula is C28H28N4O4. The lowest BCUT2D eigenvalue weighted by Gasteiger charge is -2.29. The quantitative estimate of drug-likeness (QED) is 0.418. The van der Waals surface area contributed by atoms with E-state index in [9.17, 15) is 9.59 Å². The molecule has 0 bridgehead atoms. The van der Waals surface area contributed by atoms with Crippen LogP contribution in [-0.4, -0.2) is 61.1 Å². The van der Waals surface area contributed by atoms with Crippen LogP contribution in [0.2, 0.25) is 0 Å². The Hall–Kier alpha value is -4.17. The van der Waals surface area contributed by atoms with Gasteiger partial charge in [-0.2, -0.15) is 0 Å². The number of aromatic nitrogens is 1. The van der Waals surface area contributed by atoms with E-state index in [1.165, 1.54) is 4.90 Å². The molecule has 8 nitrogen and oxygen atoms in total. The zero-order chi connectivity index (χ0) is 24.9. The normalized spacial score (nSPS) is 13.5. The number of fused-ring (bicyclic) bond motifs is 1. The van der Waals surface area contributed by atoms with E-state index in [2.05, 4.69) is 15.2 Å². The first-order chi connectivity index (χ1) is 17.6. The van der Waals surface area contributed by atoms with Gasteiger partial charge < -0.3 is 24.3 Å². The Bertz CT molecular complexity index is 1350. The number of para-hydroxylation sites is 1. The second-order valence-corrected chi connectivity index (χ2v) is 8.56. The molecule has 0 unspecified atom stereocenters. The lowest BCUT2D eigenvalue weighted by molar-refractivity contribution is -0.116. The highest BCUT2D eigenvalue weighted by Gasteiger charge is 2.22. The number of rotatable bonds is 7. The lowest BCUT2D eigenvalue weighted by Crippen LogP contribution is -2.38. The fraction of sp³-hybridized carbons (Fsp3) is 0.250. The minimum absolute atomic E-state index is 0.0622. The first-order valence-electron chi connectivity index (χ1n) is 12.1. The predicted octanol–water partition coefficient (Wildman–Crippen LogP) is 4.43. The van der Waals surface area contributed by atoms with Crippen LogP contribution in [0.1, 0.15) is 17.3 Å². The Labute approximate surface area is 209 Å². The molecule has 3 heterocycles. The van der Waals surface area contributed by atoms with E-state index in [0.29, 0.717) is 34.8 Å². The maximum absolute atomic E-state index is 13.6. The van der Waals surface area contributed by atoms with Crippen LogP contribution in [0.15, 0.2) is 77.4 Å². The molecule has 1 N–H and O–H groups in total. The Morgan fingerprint density at radius 2 is 1.81 bits per heavy atom. The molecule has 1 aliphatic rings. The number of anilines is 2. The smallest absolute Gasteiger partial charge is 0.255 e. The largest absolute Gasteiger partial charge is 0.463 e. The Balaban J connectivity index is 1.32. The first kappa shape index (κ1) is 23.6. The van der Waals surface area contributed by atoms with Crippen molar-refractivity contribution in [3.63, 3.8) is 0 Å². The number of morpholine rings is 1. The van der Waals surface area contributed by atoms with Gasteiger partial charge in [-0.3, -0.25) is 9.59 Å². The number of furan rings is 1. The number of pyridine rings is 1. The van der Waals surface area contributed by atoms with E-state index in [1.807, 2.05) is 55.5 Å². The van der Waals surface area contributed by atoms with E-state index < -0.39 is 0 Å². The maximum Gasteiger partial charge on any atom is 0.255 e. The molecular weight excluding hydrogens is 456 g/mol. The molecule has 2 aromatic heterocycles. The lowest BCUT2D eigenvalue weighted by atomic mass is 10.1. The standard InChI is InChI=1S/C28H28N4O4/c1-2-31(19-27(33)29-20-9-11-21(12-10-20)32-13-16-35-17-14-32)28(34)23-18-25(26-8-5-15-36-26)30-24-7-4-3-6-22(23)24/h3-12,15,18H,2,13-14,16-17,19H2,1H3,(H,29,33). The highest BCUT2D eigenvalue weighted by molar-refractivity contribution is 6.08. The molecule has 0 saturated carbocycles. The second kappa shape index (κ2) is 10.6. The molecule has 0 atom stereocenters. The van der Waals surface area contributed by atoms with Crippen molar-refractivity contribution in [1.82, 2.24) is 9.88 Å². The van der Waals surface area contributed by atoms with Crippen molar-refractivity contribution in [2.24, 2.45) is 0 Å². The van der Waals surface area contributed by atoms with Crippen molar-refractivity contribution in [1.29, 1.82) is 0 Å². The molecule has 2 amide bonds. The molecule has 5 rings (SSSR count). The summed E-state index contributed by atoms with van der Waals surface area (Å²) in [4.78, 5) is 34.9. The third kappa shape index (κ3) is 5.08. The molecule has 184 valence electrons. The third-order valence-corrected chi connectivity index (χ3v) is 6.25. The summed E-state index contributed by atoms with van der Waals surface area (Å²) in [5.74, 6) is 0.0896. The third-order valence-electron chi connectivity index (χ3n) is 6.25. The number of nitrogens with one attached hydrogen (secondary N) is 1. The number of benzene rings is 2. The summed E-state index contributed by atoms with van der Waals surface area (Å²) in [6.45, 7) is 5.32. The molecule has 4 aromatic rings. The minimum atomic E-state index is -0.256. The molecule has 0 aliphatic carbocycles. The molecule has 1 saturated heterocycles. The summed E-state index contributed by atoms with van der Waals surface area (Å²) >= 11 is 0. The van der Waals surface area contributed by atoms with Crippen molar-refractivity contribution < 1.29 is 18.7 Å². The van der Waals surface area contributed by atoms with E-state index in [4.69, 9.17) is 9.15 Å². The number of likely N-dealkylation sites (N-methyl/N-ethyl adjacent to an activating group) is 1. The summed E-state index contributed by atoms with van der Waals surface area (Å²) in [7, 11) is 0. The van der Waals surface area contributed by atoms with Crippen molar-refractivity contribution in [2.45, 2.75) is 6.92 Å². The zero-order valence-electron chi connectivity index (χ0n) is 20.1. The molecule has 2 aromatic carbocycles. The van der Waals surface area contributed by atoms with Crippen LogP contribution >= 0.6 is 0 Å². The number of carbonyl (C=O) groups excluding carboxylic acids is 2. The van der Waals surface area contributed by atoms with Gasteiger partial charge in [0.2, 0.25) is 5.91 Å². The zero-order valence-corrected chi connectivity index (χ0v) is 20.1. The molecule has 36 heavy (non-hydrogen) atoms. The van der Waals surface area contributed by atoms with Gasteiger partial charge in [0.05, 0.1) is 30.6 Å². The van der Waals surface area contributed by atoms with Crippen LogP contribution in [0.5, 0.6) is 0 Å². The van der Waals surface area contributed by atoms with Crippen LogP contribution in [0.3, 0.4) is 0 Å². The Morgan fingerprint density at radius 3 is 2.53 bits per heavy atom. The van der Waals surface area contributed by atoms with Gasteiger partial charge in [0.25, 0.3) is 5.91 Å². The average molecular weight is 485 g/mol. The highest BCUT2D eigenvalue weighted by atomic mass is 16.5. The van der Waals surface area contributed by atoms with E-state index in [0.717, 1.165) is 37.4 Å². The van der Waals surface area contributed by atoms with Gasteiger partial charge in [-0.05, 0) is 55.5 Å².